The lowest BCUT2D eigenvalue weighted by molar-refractivity contribution is 0.536. The quantitative estimate of drug-likeness (QED) is 0.487. The van der Waals surface area contributed by atoms with Crippen LogP contribution in [-0.2, 0) is 0 Å². The molecule has 0 bridgehead atoms. The van der Waals surface area contributed by atoms with E-state index < -0.39 is 0 Å². The van der Waals surface area contributed by atoms with Gasteiger partial charge in [-0.1, -0.05) is 32.4 Å². The third-order valence-corrected chi connectivity index (χ3v) is 1.88. The molecule has 0 radical (unpaired) electrons. The van der Waals surface area contributed by atoms with Gasteiger partial charge in [-0.3, -0.25) is 0 Å². The molecule has 0 aromatic carbocycles. The first-order valence-corrected chi connectivity index (χ1v) is 4.18. The minimum atomic E-state index is 0.382. The molecule has 0 N–H and O–H groups in total. The number of rotatable bonds is 1. The second-order valence-corrected chi connectivity index (χ2v) is 4.53. The fraction of sp³-hybridized carbons (Fsp3) is 0.800. The van der Waals surface area contributed by atoms with Crippen molar-refractivity contribution in [2.45, 2.75) is 40.5 Å². The van der Waals surface area contributed by atoms with Crippen molar-refractivity contribution in [2.75, 3.05) is 0 Å². The van der Waals surface area contributed by atoms with Crippen LogP contribution in [0, 0.1) is 11.3 Å². The molecule has 1 fully saturated rings. The zero-order valence-electron chi connectivity index (χ0n) is 7.57. The molecule has 1 aliphatic carbocycles. The van der Waals surface area contributed by atoms with Crippen molar-refractivity contribution >= 4 is 0 Å². The normalized spacial score (nSPS) is 21.4. The van der Waals surface area contributed by atoms with Crippen molar-refractivity contribution < 1.29 is 0 Å². The Kier molecular flexibility index (Phi) is 1.89. The Morgan fingerprint density at radius 3 is 2.10 bits per heavy atom. The first-order chi connectivity index (χ1) is 4.49. The second-order valence-electron chi connectivity index (χ2n) is 4.53. The maximum absolute atomic E-state index is 2.41. The van der Waals surface area contributed by atoms with Crippen LogP contribution in [0.3, 0.4) is 0 Å². The van der Waals surface area contributed by atoms with E-state index in [1.165, 1.54) is 12.8 Å². The van der Waals surface area contributed by atoms with Gasteiger partial charge in [-0.25, -0.2) is 0 Å². The van der Waals surface area contributed by atoms with E-state index in [-0.39, 0.29) is 0 Å². The average Bonchev–Trinajstić information content (AvgIpc) is 2.35. The topological polar surface area (TPSA) is 0 Å². The Labute approximate surface area is 64.3 Å². The molecule has 1 aliphatic rings. The molecular formula is C10H18. The Morgan fingerprint density at radius 2 is 1.80 bits per heavy atom. The van der Waals surface area contributed by atoms with Crippen LogP contribution in [0.15, 0.2) is 11.6 Å². The SMILES string of the molecule is CC(=CC(C)(C)C)C1CC1. The lowest BCUT2D eigenvalue weighted by atomic mass is 9.93. The Morgan fingerprint density at radius 1 is 1.30 bits per heavy atom. The van der Waals surface area contributed by atoms with E-state index in [1.807, 2.05) is 0 Å². The highest BCUT2D eigenvalue weighted by Gasteiger charge is 2.23. The Hall–Kier alpha value is -0.260. The monoisotopic (exact) mass is 138 g/mol. The van der Waals surface area contributed by atoms with Crippen LogP contribution in [-0.4, -0.2) is 0 Å². The predicted molar refractivity (Wildman–Crippen MR) is 45.9 cm³/mol. The minimum Gasteiger partial charge on any atom is -0.0799 e. The van der Waals surface area contributed by atoms with E-state index in [1.54, 1.807) is 5.57 Å². The summed E-state index contributed by atoms with van der Waals surface area (Å²) >= 11 is 0. The van der Waals surface area contributed by atoms with Crippen molar-refractivity contribution in [3.05, 3.63) is 11.6 Å². The molecule has 0 aliphatic heterocycles. The van der Waals surface area contributed by atoms with Gasteiger partial charge in [-0.15, -0.1) is 0 Å². The summed E-state index contributed by atoms with van der Waals surface area (Å²) in [4.78, 5) is 0. The fourth-order valence-electron chi connectivity index (χ4n) is 1.34. The third kappa shape index (κ3) is 2.55. The second kappa shape index (κ2) is 2.41. The van der Waals surface area contributed by atoms with Crippen LogP contribution in [0.4, 0.5) is 0 Å². The minimum absolute atomic E-state index is 0.382. The smallest absolute Gasteiger partial charge is 0.0200 e. The summed E-state index contributed by atoms with van der Waals surface area (Å²) in [7, 11) is 0. The molecule has 58 valence electrons. The average molecular weight is 138 g/mol. The summed E-state index contributed by atoms with van der Waals surface area (Å²) in [5.41, 5.74) is 1.99. The van der Waals surface area contributed by atoms with Crippen molar-refractivity contribution in [2.24, 2.45) is 11.3 Å². The van der Waals surface area contributed by atoms with Gasteiger partial charge in [-0.05, 0) is 31.1 Å². The molecule has 1 saturated carbocycles. The maximum Gasteiger partial charge on any atom is -0.0200 e. The van der Waals surface area contributed by atoms with E-state index >= 15 is 0 Å². The summed E-state index contributed by atoms with van der Waals surface area (Å²) in [6, 6.07) is 0. The molecule has 0 aromatic rings. The van der Waals surface area contributed by atoms with Crippen LogP contribution < -0.4 is 0 Å². The van der Waals surface area contributed by atoms with Crippen LogP contribution in [0.1, 0.15) is 40.5 Å². The van der Waals surface area contributed by atoms with Gasteiger partial charge < -0.3 is 0 Å². The largest absolute Gasteiger partial charge is 0.0799 e. The highest BCUT2D eigenvalue weighted by Crippen LogP contribution is 2.37. The number of allylic oxidation sites excluding steroid dienone is 2. The molecule has 10 heavy (non-hydrogen) atoms. The van der Waals surface area contributed by atoms with Crippen molar-refractivity contribution in [3.8, 4) is 0 Å². The fourth-order valence-corrected chi connectivity index (χ4v) is 1.34. The van der Waals surface area contributed by atoms with Gasteiger partial charge in [0.2, 0.25) is 0 Å². The summed E-state index contributed by atoms with van der Waals surface area (Å²) in [5.74, 6) is 0.944. The molecule has 0 amide bonds. The van der Waals surface area contributed by atoms with Crippen molar-refractivity contribution in [1.82, 2.24) is 0 Å². The summed E-state index contributed by atoms with van der Waals surface area (Å²) < 4.78 is 0. The van der Waals surface area contributed by atoms with Gasteiger partial charge in [0, 0.05) is 0 Å². The molecule has 1 rings (SSSR count). The lowest BCUT2D eigenvalue weighted by Gasteiger charge is -2.13. The first-order valence-electron chi connectivity index (χ1n) is 4.18. The molecule has 0 spiro atoms. The zero-order chi connectivity index (χ0) is 7.78. The van der Waals surface area contributed by atoms with Gasteiger partial charge in [0.15, 0.2) is 0 Å². The standard InChI is InChI=1S/C10H18/c1-8(9-5-6-9)7-10(2,3)4/h7,9H,5-6H2,1-4H3. The highest BCUT2D eigenvalue weighted by molar-refractivity contribution is 5.12. The third-order valence-electron chi connectivity index (χ3n) is 1.88. The summed E-state index contributed by atoms with van der Waals surface area (Å²) in [5, 5.41) is 0. The molecule has 0 heterocycles. The van der Waals surface area contributed by atoms with Crippen LogP contribution >= 0.6 is 0 Å². The number of hydrogen-bond donors (Lipinski definition) is 0. The van der Waals surface area contributed by atoms with Gasteiger partial charge >= 0.3 is 0 Å². The maximum atomic E-state index is 2.41. The van der Waals surface area contributed by atoms with Gasteiger partial charge in [0.25, 0.3) is 0 Å². The summed E-state index contributed by atoms with van der Waals surface area (Å²) in [6.45, 7) is 9.06. The molecule has 0 saturated heterocycles. The van der Waals surface area contributed by atoms with E-state index in [0.717, 1.165) is 5.92 Å². The van der Waals surface area contributed by atoms with Gasteiger partial charge in [0.1, 0.15) is 0 Å². The number of hydrogen-bond acceptors (Lipinski definition) is 0. The van der Waals surface area contributed by atoms with E-state index in [9.17, 15) is 0 Å². The molecule has 0 unspecified atom stereocenters. The zero-order valence-corrected chi connectivity index (χ0v) is 7.57. The molecule has 0 atom stereocenters. The summed E-state index contributed by atoms with van der Waals surface area (Å²) in [6.07, 6.45) is 5.27. The molecule has 0 nitrogen and oxygen atoms in total. The van der Waals surface area contributed by atoms with E-state index in [4.69, 9.17) is 0 Å². The lowest BCUT2D eigenvalue weighted by Crippen LogP contribution is -2.00. The highest BCUT2D eigenvalue weighted by atomic mass is 14.3. The molecule has 0 heteroatoms. The van der Waals surface area contributed by atoms with Crippen LogP contribution in [0.5, 0.6) is 0 Å². The van der Waals surface area contributed by atoms with E-state index in [2.05, 4.69) is 33.8 Å². The van der Waals surface area contributed by atoms with Gasteiger partial charge in [-0.2, -0.15) is 0 Å². The first kappa shape index (κ1) is 7.84. The predicted octanol–water partition coefficient (Wildman–Crippen LogP) is 3.39. The molecule has 0 aromatic heterocycles. The van der Waals surface area contributed by atoms with E-state index in [0.29, 0.717) is 5.41 Å². The van der Waals surface area contributed by atoms with Crippen LogP contribution in [0.25, 0.3) is 0 Å². The van der Waals surface area contributed by atoms with Crippen molar-refractivity contribution in [1.29, 1.82) is 0 Å². The Balaban J connectivity index is 2.51. The van der Waals surface area contributed by atoms with Crippen LogP contribution in [0.2, 0.25) is 0 Å². The van der Waals surface area contributed by atoms with Crippen molar-refractivity contribution in [3.63, 3.8) is 0 Å². The Bertz CT molecular complexity index is 142. The van der Waals surface area contributed by atoms with Gasteiger partial charge in [0.05, 0.1) is 0 Å². The molecular weight excluding hydrogens is 120 g/mol.